The van der Waals surface area contributed by atoms with Gasteiger partial charge >= 0.3 is 0 Å². The van der Waals surface area contributed by atoms with Gasteiger partial charge < -0.3 is 14.5 Å². The summed E-state index contributed by atoms with van der Waals surface area (Å²) in [5, 5.41) is 4.50. The third-order valence-electron chi connectivity index (χ3n) is 17.6. The van der Waals surface area contributed by atoms with Crippen molar-refractivity contribution < 1.29 is 4.74 Å². The average molecular weight is 1140 g/mol. The van der Waals surface area contributed by atoms with Gasteiger partial charge in [0.2, 0.25) is 5.69 Å². The summed E-state index contributed by atoms with van der Waals surface area (Å²) < 4.78 is 11.9. The lowest BCUT2D eigenvalue weighted by atomic mass is 9.85. The summed E-state index contributed by atoms with van der Waals surface area (Å²) in [5.41, 5.74) is 20.7. The first-order chi connectivity index (χ1) is 41.1. The third-order valence-corrected chi connectivity index (χ3v) is 18.8. The van der Waals surface area contributed by atoms with Gasteiger partial charge in [0.1, 0.15) is 24.0 Å². The summed E-state index contributed by atoms with van der Waals surface area (Å²) in [7, 11) is 0. The Morgan fingerprint density at radius 1 is 0.500 bits per heavy atom. The summed E-state index contributed by atoms with van der Waals surface area (Å²) in [6.07, 6.45) is 1.94. The van der Waals surface area contributed by atoms with E-state index in [4.69, 9.17) is 16.3 Å². The van der Waals surface area contributed by atoms with Crippen molar-refractivity contribution in [1.82, 2.24) is 9.55 Å². The minimum atomic E-state index is -0.0960. The van der Waals surface area contributed by atoms with Crippen LogP contribution in [0.2, 0.25) is 0 Å². The molecule has 7 heteroatoms. The Kier molecular flexibility index (Phi) is 13.9. The molecule has 1 aliphatic rings. The Bertz CT molecular complexity index is 4560. The minimum Gasteiger partial charge on any atom is -0.457 e. The Labute approximate surface area is 511 Å². The van der Waals surface area contributed by atoms with Gasteiger partial charge in [0.25, 0.3) is 0 Å². The molecule has 0 N–H and O–H groups in total. The van der Waals surface area contributed by atoms with E-state index in [9.17, 15) is 0 Å². The third kappa shape index (κ3) is 9.88. The average Bonchev–Trinajstić information content (AvgIpc) is 1.72. The van der Waals surface area contributed by atoms with Crippen molar-refractivity contribution in [3.63, 3.8) is 0 Å². The molecule has 428 valence electrons. The quantitative estimate of drug-likeness (QED) is 0.128. The van der Waals surface area contributed by atoms with Gasteiger partial charge in [-0.15, -0.1) is 11.3 Å². The van der Waals surface area contributed by atoms with Gasteiger partial charge in [-0.1, -0.05) is 211 Å². The highest BCUT2D eigenvalue weighted by molar-refractivity contribution is 7.27. The zero-order chi connectivity index (χ0) is 60.1. The van der Waals surface area contributed by atoms with Crippen molar-refractivity contribution in [2.45, 2.75) is 118 Å². The van der Waals surface area contributed by atoms with Crippen LogP contribution in [-0.2, 0) is 16.2 Å². The van der Waals surface area contributed by atoms with E-state index in [1.54, 1.807) is 11.3 Å². The number of hydrogen-bond donors (Lipinski definition) is 0. The van der Waals surface area contributed by atoms with E-state index in [0.29, 0.717) is 12.4 Å². The molecule has 0 atom stereocenters. The fourth-order valence-electron chi connectivity index (χ4n) is 12.9. The highest BCUT2D eigenvalue weighted by Gasteiger charge is 2.33. The molecule has 0 aliphatic carbocycles. The molecule has 0 amide bonds. The van der Waals surface area contributed by atoms with Crippen molar-refractivity contribution in [1.29, 1.82) is 0 Å². The van der Waals surface area contributed by atoms with Crippen LogP contribution in [0.5, 0.6) is 11.5 Å². The molecule has 13 rings (SSSR count). The number of rotatable bonds is 10. The number of pyridine rings is 1. The van der Waals surface area contributed by atoms with Gasteiger partial charge in [-0.25, -0.2) is 9.83 Å². The molecule has 12 aromatic rings. The first-order valence-electron chi connectivity index (χ1n) is 30.4. The maximum absolute atomic E-state index is 8.07. The highest BCUT2D eigenvalue weighted by Crippen LogP contribution is 2.53. The molecule has 0 unspecified atom stereocenters. The van der Waals surface area contributed by atoms with E-state index < -0.39 is 0 Å². The highest BCUT2D eigenvalue weighted by atomic mass is 32.1. The molecule has 4 heterocycles. The van der Waals surface area contributed by atoms with Crippen LogP contribution in [0, 0.1) is 6.57 Å². The molecule has 0 saturated heterocycles. The lowest BCUT2D eigenvalue weighted by molar-refractivity contribution is 0.483. The Morgan fingerprint density at radius 3 is 1.69 bits per heavy atom. The van der Waals surface area contributed by atoms with Gasteiger partial charge in [-0.3, -0.25) is 4.57 Å². The van der Waals surface area contributed by atoms with Crippen LogP contribution < -0.4 is 14.5 Å². The van der Waals surface area contributed by atoms with Gasteiger partial charge in [0.15, 0.2) is 0 Å². The second kappa shape index (κ2) is 21.2. The Morgan fingerprint density at radius 2 is 1.08 bits per heavy atom. The largest absolute Gasteiger partial charge is 0.457 e. The number of hydrogen-bond acceptors (Lipinski definition) is 5. The smallest absolute Gasteiger partial charge is 0.204 e. The van der Waals surface area contributed by atoms with Crippen LogP contribution >= 0.6 is 11.3 Å². The van der Waals surface area contributed by atoms with Crippen LogP contribution in [0.4, 0.5) is 28.4 Å². The first-order valence-corrected chi connectivity index (χ1v) is 31.2. The van der Waals surface area contributed by atoms with Gasteiger partial charge in [-0.2, -0.15) is 0 Å². The molecule has 0 saturated carbocycles. The van der Waals surface area contributed by atoms with Gasteiger partial charge in [-0.05, 0) is 144 Å². The number of thiophene rings is 1. The van der Waals surface area contributed by atoms with Crippen LogP contribution in [0.3, 0.4) is 0 Å². The minimum absolute atomic E-state index is 0.0244. The Balaban J connectivity index is 1.00. The van der Waals surface area contributed by atoms with Crippen molar-refractivity contribution >= 4 is 81.8 Å². The number of benzene rings is 9. The van der Waals surface area contributed by atoms with Crippen molar-refractivity contribution in [2.75, 3.05) is 16.5 Å². The number of para-hydroxylation sites is 3. The lowest BCUT2D eigenvalue weighted by Gasteiger charge is -2.28. The fraction of sp³-hybridized carbons (Fsp3) is 0.241. The van der Waals surface area contributed by atoms with Crippen molar-refractivity contribution in [3.05, 3.63) is 233 Å². The molecular weight excluding hydrogens is 1070 g/mol. The predicted octanol–water partition coefficient (Wildman–Crippen LogP) is 23.3. The SMILES string of the molecule is [C-]#[N+]c1cccc2c1sc1c2ccc2c1c1ccc(Oc3cc(-c4c(C(C)C)cccc4C(C)C)cc(N4CN(c5c(-c6ccc(C(C)(C)C)cc6)cccc5-c5ccc(C(C)(C)C)cc5)c5ccccc54)c3)cc1n2-c1cc(C(C)(C)C)ccn1. The van der Waals surface area contributed by atoms with E-state index in [0.717, 1.165) is 81.9 Å². The second-order valence-corrected chi connectivity index (χ2v) is 28.2. The Hall–Kier alpha value is -8.96. The normalized spacial score (nSPS) is 13.0. The first kappa shape index (κ1) is 56.2. The number of ether oxygens (including phenoxy) is 1. The standard InChI is InChI=1S/C79H75N5OS/c1-48(2)59-20-17-21-60(49(3)4)72(59)52-42-56(82-47-83(68-27-16-15-26-67(68)82)74-61(50-28-32-53(33-29-50)77(5,6)7)22-18-23-62(74)51-30-34-54(35-31-51)78(8,9)10)45-58(43-52)85-57-36-37-65-70(46-57)84(71-44-55(40-41-81-71)79(11,12)13)69-39-38-64-63-24-19-25-66(80-14)75(63)86-76(64)73(65)69/h15-46,48-49H,47H2,1-13H3. The summed E-state index contributed by atoms with van der Waals surface area (Å²) >= 11 is 1.71. The molecule has 3 aromatic heterocycles. The molecule has 0 fully saturated rings. The molecule has 86 heavy (non-hydrogen) atoms. The molecule has 9 aromatic carbocycles. The number of anilines is 4. The van der Waals surface area contributed by atoms with Gasteiger partial charge in [0, 0.05) is 55.3 Å². The predicted molar refractivity (Wildman–Crippen MR) is 367 cm³/mol. The van der Waals surface area contributed by atoms with Gasteiger partial charge in [0.05, 0.1) is 34.7 Å². The molecule has 1 aliphatic heterocycles. The molecule has 0 radical (unpaired) electrons. The van der Waals surface area contributed by atoms with E-state index in [1.807, 2.05) is 18.3 Å². The maximum atomic E-state index is 8.07. The number of fused-ring (bicyclic) bond motifs is 8. The molecule has 0 bridgehead atoms. The lowest BCUT2D eigenvalue weighted by Crippen LogP contribution is -2.25. The molecule has 6 nitrogen and oxygen atoms in total. The van der Waals surface area contributed by atoms with E-state index in [2.05, 4.69) is 285 Å². The summed E-state index contributed by atoms with van der Waals surface area (Å²) in [5.74, 6) is 2.87. The van der Waals surface area contributed by atoms with Crippen molar-refractivity contribution in [2.24, 2.45) is 0 Å². The van der Waals surface area contributed by atoms with Crippen LogP contribution in [0.25, 0.3) is 86.0 Å². The zero-order valence-electron chi connectivity index (χ0n) is 51.9. The molecular formula is C79H75N5OS. The monoisotopic (exact) mass is 1140 g/mol. The van der Waals surface area contributed by atoms with Crippen LogP contribution in [-0.4, -0.2) is 16.2 Å². The summed E-state index contributed by atoms with van der Waals surface area (Å²) in [4.78, 5) is 14.1. The zero-order valence-corrected chi connectivity index (χ0v) is 52.7. The van der Waals surface area contributed by atoms with Crippen LogP contribution in [0.1, 0.15) is 130 Å². The second-order valence-electron chi connectivity index (χ2n) is 27.2. The maximum Gasteiger partial charge on any atom is 0.204 e. The fourth-order valence-corrected chi connectivity index (χ4v) is 14.2. The molecule has 0 spiro atoms. The van der Waals surface area contributed by atoms with E-state index in [-0.39, 0.29) is 28.1 Å². The summed E-state index contributed by atoms with van der Waals surface area (Å²) in [6.45, 7) is 38.3. The number of aromatic nitrogens is 2. The van der Waals surface area contributed by atoms with E-state index in [1.165, 1.54) is 61.3 Å². The van der Waals surface area contributed by atoms with Crippen molar-refractivity contribution in [3.8, 4) is 50.7 Å². The van der Waals surface area contributed by atoms with E-state index >= 15 is 0 Å². The van der Waals surface area contributed by atoms with Crippen LogP contribution in [0.15, 0.2) is 194 Å². The summed E-state index contributed by atoms with van der Waals surface area (Å²) in [6, 6.07) is 69.3. The number of nitrogens with zero attached hydrogens (tertiary/aromatic N) is 5. The topological polar surface area (TPSA) is 37.9 Å².